The Labute approximate surface area is 228 Å². The molecule has 7 nitrogen and oxygen atoms in total. The molecule has 9 heteroatoms. The maximum atomic E-state index is 16.4. The van der Waals surface area contributed by atoms with E-state index in [-0.39, 0.29) is 34.5 Å². The van der Waals surface area contributed by atoms with Crippen molar-refractivity contribution in [3.63, 3.8) is 0 Å². The third kappa shape index (κ3) is 4.25. The average molecular weight is 535 g/mol. The number of hydrogen-bond acceptors (Lipinski definition) is 7. The molecule has 4 saturated heterocycles. The van der Waals surface area contributed by atoms with E-state index in [2.05, 4.69) is 25.1 Å². The van der Waals surface area contributed by atoms with Gasteiger partial charge in [0.1, 0.15) is 29.5 Å². The first kappa shape index (κ1) is 25.1. The third-order valence-electron chi connectivity index (χ3n) is 9.33. The fraction of sp³-hybridized carbons (Fsp3) is 0.567. The number of anilines is 1. The molecule has 4 aliphatic rings. The van der Waals surface area contributed by atoms with Crippen LogP contribution in [0.4, 0.5) is 14.6 Å². The lowest BCUT2D eigenvalue weighted by molar-refractivity contribution is 0.108. The summed E-state index contributed by atoms with van der Waals surface area (Å²) in [5, 5.41) is 4.22. The number of aromatic nitrogens is 3. The Balaban J connectivity index is 1.33. The number of ether oxygens (including phenoxy) is 1. The number of fused-ring (bicyclic) bond motifs is 4. The van der Waals surface area contributed by atoms with Crippen molar-refractivity contribution in [1.82, 2.24) is 25.2 Å². The van der Waals surface area contributed by atoms with Crippen molar-refractivity contribution in [3.8, 4) is 17.3 Å². The summed E-state index contributed by atoms with van der Waals surface area (Å²) in [6, 6.07) is 5.73. The normalized spacial score (nSPS) is 24.2. The Morgan fingerprint density at radius 2 is 1.82 bits per heavy atom. The van der Waals surface area contributed by atoms with E-state index >= 15 is 4.39 Å². The predicted molar refractivity (Wildman–Crippen MR) is 147 cm³/mol. The van der Waals surface area contributed by atoms with Crippen molar-refractivity contribution in [2.24, 2.45) is 0 Å². The van der Waals surface area contributed by atoms with Crippen molar-refractivity contribution in [2.75, 3.05) is 37.7 Å². The average Bonchev–Trinajstić information content (AvgIpc) is 3.60. The molecular weight excluding hydrogens is 498 g/mol. The van der Waals surface area contributed by atoms with Crippen LogP contribution in [-0.4, -0.2) is 70.3 Å². The molecule has 0 radical (unpaired) electrons. The highest BCUT2D eigenvalue weighted by molar-refractivity contribution is 5.92. The van der Waals surface area contributed by atoms with Crippen molar-refractivity contribution in [3.05, 3.63) is 41.6 Å². The van der Waals surface area contributed by atoms with E-state index in [9.17, 15) is 4.39 Å². The van der Waals surface area contributed by atoms with Gasteiger partial charge in [-0.05, 0) is 69.2 Å². The summed E-state index contributed by atoms with van der Waals surface area (Å²) in [7, 11) is 0. The van der Waals surface area contributed by atoms with E-state index in [0.717, 1.165) is 51.9 Å². The number of hydrogen-bond donors (Lipinski definition) is 1. The lowest BCUT2D eigenvalue weighted by atomic mass is 9.94. The molecule has 206 valence electrons. The molecule has 0 spiro atoms. The molecule has 0 amide bonds. The molecule has 7 rings (SSSR count). The van der Waals surface area contributed by atoms with Crippen LogP contribution in [0.15, 0.2) is 24.4 Å². The predicted octanol–water partition coefficient (Wildman–Crippen LogP) is 5.04. The highest BCUT2D eigenvalue weighted by Gasteiger charge is 2.45. The van der Waals surface area contributed by atoms with Gasteiger partial charge in [0, 0.05) is 36.9 Å². The number of halogens is 2. The molecular formula is C30H36F2N6O. The zero-order valence-electron chi connectivity index (χ0n) is 22.7. The molecule has 39 heavy (non-hydrogen) atoms. The largest absolute Gasteiger partial charge is 0.461 e. The molecule has 2 unspecified atom stereocenters. The van der Waals surface area contributed by atoms with Crippen molar-refractivity contribution in [1.29, 1.82) is 0 Å². The van der Waals surface area contributed by atoms with Gasteiger partial charge in [0.15, 0.2) is 5.82 Å². The zero-order chi connectivity index (χ0) is 26.7. The first-order chi connectivity index (χ1) is 18.9. The molecule has 0 aliphatic carbocycles. The smallest absolute Gasteiger partial charge is 0.319 e. The van der Waals surface area contributed by atoms with E-state index in [1.807, 2.05) is 13.8 Å². The minimum Gasteiger partial charge on any atom is -0.461 e. The van der Waals surface area contributed by atoms with Crippen LogP contribution in [0.1, 0.15) is 63.9 Å². The molecule has 4 aliphatic heterocycles. The minimum absolute atomic E-state index is 0.0301. The van der Waals surface area contributed by atoms with Crippen LogP contribution in [0.3, 0.4) is 0 Å². The Morgan fingerprint density at radius 3 is 2.54 bits per heavy atom. The third-order valence-corrected chi connectivity index (χ3v) is 9.33. The molecule has 1 aromatic carbocycles. The van der Waals surface area contributed by atoms with Crippen LogP contribution in [0.5, 0.6) is 6.01 Å². The van der Waals surface area contributed by atoms with Crippen molar-refractivity contribution >= 4 is 16.7 Å². The van der Waals surface area contributed by atoms with Gasteiger partial charge in [-0.25, -0.2) is 8.78 Å². The van der Waals surface area contributed by atoms with Crippen LogP contribution in [-0.2, 0) is 0 Å². The minimum atomic E-state index is -0.562. The van der Waals surface area contributed by atoms with E-state index < -0.39 is 5.82 Å². The fourth-order valence-electron chi connectivity index (χ4n) is 7.48. The van der Waals surface area contributed by atoms with Gasteiger partial charge in [-0.3, -0.25) is 9.88 Å². The molecule has 0 saturated carbocycles. The molecule has 3 aromatic rings. The van der Waals surface area contributed by atoms with Crippen molar-refractivity contribution in [2.45, 2.75) is 75.9 Å². The van der Waals surface area contributed by atoms with Gasteiger partial charge in [-0.1, -0.05) is 26.0 Å². The Morgan fingerprint density at radius 1 is 1.08 bits per heavy atom. The van der Waals surface area contributed by atoms with Gasteiger partial charge < -0.3 is 15.0 Å². The lowest BCUT2D eigenvalue weighted by Crippen LogP contribution is -2.51. The molecule has 4 fully saturated rings. The first-order valence-corrected chi connectivity index (χ1v) is 14.5. The number of nitrogens with one attached hydrogen (secondary N) is 1. The van der Waals surface area contributed by atoms with Crippen LogP contribution >= 0.6 is 0 Å². The SMILES string of the molecule is CC(C)c1c(F)cccc1-c1ncc2c(N3CC4CCC(C3)N4)nc(OCC34CCCN3CCC4)nc2c1F. The second-order valence-corrected chi connectivity index (χ2v) is 12.1. The topological polar surface area (TPSA) is 66.4 Å². The van der Waals surface area contributed by atoms with E-state index in [0.29, 0.717) is 41.0 Å². The van der Waals surface area contributed by atoms with Gasteiger partial charge in [-0.15, -0.1) is 0 Å². The molecule has 2 bridgehead atoms. The van der Waals surface area contributed by atoms with Crippen LogP contribution < -0.4 is 15.0 Å². The Hall–Kier alpha value is -2.91. The van der Waals surface area contributed by atoms with E-state index in [1.54, 1.807) is 18.3 Å². The number of benzene rings is 1. The van der Waals surface area contributed by atoms with Crippen LogP contribution in [0, 0.1) is 11.6 Å². The summed E-state index contributed by atoms with van der Waals surface area (Å²) < 4.78 is 37.6. The maximum Gasteiger partial charge on any atom is 0.319 e. The van der Waals surface area contributed by atoms with E-state index in [4.69, 9.17) is 9.72 Å². The second-order valence-electron chi connectivity index (χ2n) is 12.1. The summed E-state index contributed by atoms with van der Waals surface area (Å²) in [5.74, 6) is -0.381. The van der Waals surface area contributed by atoms with Crippen LogP contribution in [0.25, 0.3) is 22.2 Å². The monoisotopic (exact) mass is 534 g/mol. The first-order valence-electron chi connectivity index (χ1n) is 14.5. The number of nitrogens with zero attached hydrogens (tertiary/aromatic N) is 5. The highest BCUT2D eigenvalue weighted by atomic mass is 19.1. The summed E-state index contributed by atoms with van der Waals surface area (Å²) in [4.78, 5) is 18.8. The van der Waals surface area contributed by atoms with E-state index in [1.165, 1.54) is 18.9 Å². The number of rotatable bonds is 6. The number of piperazine rings is 1. The van der Waals surface area contributed by atoms with Gasteiger partial charge in [0.25, 0.3) is 0 Å². The standard InChI is InChI=1S/C30H36F2N6O/c1-18(2)24-21(6-3-7-23(24)31)26-25(32)27-22(14-33-26)28(37-15-19-8-9-20(16-37)34-19)36-29(35-27)39-17-30-10-4-12-38(30)13-5-11-30/h3,6-7,14,18-20,34H,4-5,8-13,15-17H2,1-2H3. The summed E-state index contributed by atoms with van der Waals surface area (Å²) in [6.07, 6.45) is 8.46. The Kier molecular flexibility index (Phi) is 6.19. The summed E-state index contributed by atoms with van der Waals surface area (Å²) in [6.45, 7) is 8.11. The second kappa shape index (κ2) is 9.63. The van der Waals surface area contributed by atoms with Gasteiger partial charge in [-0.2, -0.15) is 9.97 Å². The van der Waals surface area contributed by atoms with Gasteiger partial charge in [0.2, 0.25) is 0 Å². The van der Waals surface area contributed by atoms with Gasteiger partial charge >= 0.3 is 6.01 Å². The molecule has 2 atom stereocenters. The molecule has 1 N–H and O–H groups in total. The quantitative estimate of drug-likeness (QED) is 0.475. The Bertz CT molecular complexity index is 1390. The van der Waals surface area contributed by atoms with Gasteiger partial charge in [0.05, 0.1) is 10.9 Å². The zero-order valence-corrected chi connectivity index (χ0v) is 22.7. The lowest BCUT2D eigenvalue weighted by Gasteiger charge is -2.34. The van der Waals surface area contributed by atoms with Crippen LogP contribution in [0.2, 0.25) is 0 Å². The maximum absolute atomic E-state index is 16.4. The summed E-state index contributed by atoms with van der Waals surface area (Å²) in [5.41, 5.74) is 1.23. The fourth-order valence-corrected chi connectivity index (χ4v) is 7.48. The highest BCUT2D eigenvalue weighted by Crippen LogP contribution is 2.40. The summed E-state index contributed by atoms with van der Waals surface area (Å²) >= 11 is 0. The molecule has 6 heterocycles. The van der Waals surface area contributed by atoms with Crippen molar-refractivity contribution < 1.29 is 13.5 Å². The number of pyridine rings is 1. The molecule has 2 aromatic heterocycles.